The Balaban J connectivity index is 1.95. The molecule has 0 saturated heterocycles. The summed E-state index contributed by atoms with van der Waals surface area (Å²) < 4.78 is 7.42. The van der Waals surface area contributed by atoms with Crippen LogP contribution in [-0.2, 0) is 19.9 Å². The average Bonchev–Trinajstić information content (AvgIpc) is 2.67. The monoisotopic (exact) mass is 271 g/mol. The molecule has 0 aliphatic carbocycles. The number of aryl methyl sites for hydroxylation is 1. The van der Waals surface area contributed by atoms with Crippen molar-refractivity contribution in [3.63, 3.8) is 0 Å². The number of rotatable bonds is 3. The third-order valence-electron chi connectivity index (χ3n) is 3.92. The second-order valence-electron chi connectivity index (χ2n) is 5.27. The first kappa shape index (κ1) is 13.0. The van der Waals surface area contributed by atoms with Gasteiger partial charge in [0, 0.05) is 31.1 Å². The van der Waals surface area contributed by atoms with Crippen molar-refractivity contribution >= 4 is 5.82 Å². The van der Waals surface area contributed by atoms with Gasteiger partial charge in [-0.3, -0.25) is 4.68 Å². The predicted molar refractivity (Wildman–Crippen MR) is 80.4 cm³/mol. The highest BCUT2D eigenvalue weighted by Crippen LogP contribution is 2.28. The van der Waals surface area contributed by atoms with E-state index in [1.165, 1.54) is 35.5 Å². The molecule has 1 N–H and O–H groups in total. The Hall–Kier alpha value is -1.97. The topological polar surface area (TPSA) is 39.1 Å². The highest BCUT2D eigenvalue weighted by molar-refractivity contribution is 5.50. The summed E-state index contributed by atoms with van der Waals surface area (Å²) in [4.78, 5) is 0. The molecule has 1 aliphatic rings. The van der Waals surface area contributed by atoms with E-state index in [1.807, 2.05) is 23.9 Å². The van der Waals surface area contributed by atoms with Gasteiger partial charge in [-0.05, 0) is 25.3 Å². The molecule has 4 nitrogen and oxygen atoms in total. The Bertz CT molecular complexity index is 604. The summed E-state index contributed by atoms with van der Waals surface area (Å²) in [6.45, 7) is 1.04. The van der Waals surface area contributed by atoms with E-state index in [0.717, 1.165) is 25.1 Å². The maximum Gasteiger partial charge on any atom is 0.127 e. The molecule has 0 amide bonds. The second-order valence-corrected chi connectivity index (χ2v) is 5.27. The van der Waals surface area contributed by atoms with Gasteiger partial charge >= 0.3 is 0 Å². The van der Waals surface area contributed by atoms with Crippen molar-refractivity contribution in [2.24, 2.45) is 7.05 Å². The van der Waals surface area contributed by atoms with Gasteiger partial charge in [0.15, 0.2) is 0 Å². The van der Waals surface area contributed by atoms with Gasteiger partial charge in [-0.15, -0.1) is 0 Å². The number of aromatic nitrogens is 2. The number of benzene rings is 1. The minimum absolute atomic E-state index is 0.828. The van der Waals surface area contributed by atoms with Crippen LogP contribution in [0.4, 0.5) is 5.82 Å². The van der Waals surface area contributed by atoms with Crippen LogP contribution in [0, 0.1) is 0 Å². The highest BCUT2D eigenvalue weighted by atomic mass is 16.5. The molecule has 106 valence electrons. The minimum Gasteiger partial charge on any atom is -0.496 e. The fourth-order valence-corrected chi connectivity index (χ4v) is 2.91. The van der Waals surface area contributed by atoms with Gasteiger partial charge in [-0.1, -0.05) is 18.2 Å². The molecular formula is C16H21N3O. The number of nitrogens with zero attached hydrogens (tertiary/aromatic N) is 2. The van der Waals surface area contributed by atoms with Gasteiger partial charge in [0.25, 0.3) is 0 Å². The van der Waals surface area contributed by atoms with E-state index in [1.54, 1.807) is 7.11 Å². The Morgan fingerprint density at radius 1 is 1.30 bits per heavy atom. The molecule has 0 fully saturated rings. The largest absolute Gasteiger partial charge is 0.496 e. The number of nitrogens with one attached hydrogen (secondary N) is 1. The first-order chi connectivity index (χ1) is 9.79. The molecule has 0 unspecified atom stereocenters. The molecule has 1 aromatic carbocycles. The van der Waals surface area contributed by atoms with Crippen LogP contribution in [0.25, 0.3) is 0 Å². The van der Waals surface area contributed by atoms with Crippen LogP contribution in [0.15, 0.2) is 24.3 Å². The summed E-state index contributed by atoms with van der Waals surface area (Å²) in [5, 5.41) is 8.20. The number of para-hydroxylation sites is 1. The highest BCUT2D eigenvalue weighted by Gasteiger charge is 2.18. The lowest BCUT2D eigenvalue weighted by molar-refractivity contribution is 0.410. The lowest BCUT2D eigenvalue weighted by atomic mass is 10.0. The van der Waals surface area contributed by atoms with E-state index in [-0.39, 0.29) is 0 Å². The van der Waals surface area contributed by atoms with E-state index < -0.39 is 0 Å². The summed E-state index contributed by atoms with van der Waals surface area (Å²) in [6, 6.07) is 8.18. The molecule has 0 spiro atoms. The van der Waals surface area contributed by atoms with Gasteiger partial charge in [-0.2, -0.15) is 5.10 Å². The van der Waals surface area contributed by atoms with Crippen LogP contribution >= 0.6 is 0 Å². The van der Waals surface area contributed by atoms with Crippen LogP contribution in [0.1, 0.15) is 29.7 Å². The van der Waals surface area contributed by atoms with Crippen LogP contribution in [0.2, 0.25) is 0 Å². The van der Waals surface area contributed by atoms with Crippen molar-refractivity contribution in [1.82, 2.24) is 9.78 Å². The Morgan fingerprint density at radius 2 is 2.15 bits per heavy atom. The van der Waals surface area contributed by atoms with Crippen molar-refractivity contribution in [2.75, 3.05) is 19.0 Å². The zero-order chi connectivity index (χ0) is 13.9. The molecule has 1 aromatic heterocycles. The molecule has 20 heavy (non-hydrogen) atoms. The van der Waals surface area contributed by atoms with Crippen LogP contribution in [0.5, 0.6) is 5.75 Å². The number of ether oxygens (including phenoxy) is 1. The zero-order valence-electron chi connectivity index (χ0n) is 12.1. The second kappa shape index (κ2) is 5.57. The fraction of sp³-hybridized carbons (Fsp3) is 0.438. The normalized spacial score (nSPS) is 14.3. The molecule has 2 heterocycles. The van der Waals surface area contributed by atoms with E-state index in [2.05, 4.69) is 17.4 Å². The van der Waals surface area contributed by atoms with Crippen molar-refractivity contribution in [2.45, 2.75) is 25.7 Å². The standard InChI is InChI=1S/C16H21N3O/c1-19-16-13(8-5-6-10-17-16)14(18-19)11-12-7-3-4-9-15(12)20-2/h3-4,7,9,17H,5-6,8,10-11H2,1-2H3. The molecule has 2 aromatic rings. The summed E-state index contributed by atoms with van der Waals surface area (Å²) in [5.41, 5.74) is 3.73. The lowest BCUT2D eigenvalue weighted by Gasteiger charge is -2.07. The third-order valence-corrected chi connectivity index (χ3v) is 3.92. The number of hydrogen-bond donors (Lipinski definition) is 1. The molecule has 0 atom stereocenters. The molecule has 1 aliphatic heterocycles. The van der Waals surface area contributed by atoms with Crippen molar-refractivity contribution in [3.8, 4) is 5.75 Å². The van der Waals surface area contributed by atoms with Crippen molar-refractivity contribution in [1.29, 1.82) is 0 Å². The molecule has 0 saturated carbocycles. The van der Waals surface area contributed by atoms with Gasteiger partial charge in [0.05, 0.1) is 12.8 Å². The maximum atomic E-state index is 5.44. The lowest BCUT2D eigenvalue weighted by Crippen LogP contribution is -2.04. The van der Waals surface area contributed by atoms with E-state index in [4.69, 9.17) is 9.84 Å². The van der Waals surface area contributed by atoms with Gasteiger partial charge < -0.3 is 10.1 Å². The molecule has 0 radical (unpaired) electrons. The number of fused-ring (bicyclic) bond motifs is 1. The summed E-state index contributed by atoms with van der Waals surface area (Å²) >= 11 is 0. The molecule has 0 bridgehead atoms. The van der Waals surface area contributed by atoms with E-state index >= 15 is 0 Å². The number of anilines is 1. The zero-order valence-corrected chi connectivity index (χ0v) is 12.1. The van der Waals surface area contributed by atoms with Crippen LogP contribution in [-0.4, -0.2) is 23.4 Å². The van der Waals surface area contributed by atoms with E-state index in [0.29, 0.717) is 0 Å². The summed E-state index contributed by atoms with van der Waals surface area (Å²) in [5.74, 6) is 2.13. The van der Waals surface area contributed by atoms with Gasteiger partial charge in [-0.25, -0.2) is 0 Å². The fourth-order valence-electron chi connectivity index (χ4n) is 2.91. The smallest absolute Gasteiger partial charge is 0.127 e. The molecule has 4 heteroatoms. The van der Waals surface area contributed by atoms with Gasteiger partial charge in [0.2, 0.25) is 0 Å². The van der Waals surface area contributed by atoms with Gasteiger partial charge in [0.1, 0.15) is 11.6 Å². The maximum absolute atomic E-state index is 5.44. The minimum atomic E-state index is 0.828. The third kappa shape index (κ3) is 2.38. The summed E-state index contributed by atoms with van der Waals surface area (Å²) in [6.07, 6.45) is 4.39. The van der Waals surface area contributed by atoms with Crippen LogP contribution < -0.4 is 10.1 Å². The predicted octanol–water partition coefficient (Wildman–Crippen LogP) is 2.77. The Morgan fingerprint density at radius 3 is 3.00 bits per heavy atom. The molecule has 3 rings (SSSR count). The average molecular weight is 271 g/mol. The van der Waals surface area contributed by atoms with Crippen molar-refractivity contribution < 1.29 is 4.74 Å². The quantitative estimate of drug-likeness (QED) is 0.933. The Labute approximate surface area is 119 Å². The first-order valence-corrected chi connectivity index (χ1v) is 7.20. The Kier molecular flexibility index (Phi) is 3.63. The van der Waals surface area contributed by atoms with Crippen molar-refractivity contribution in [3.05, 3.63) is 41.1 Å². The van der Waals surface area contributed by atoms with E-state index in [9.17, 15) is 0 Å². The SMILES string of the molecule is COc1ccccc1Cc1nn(C)c2c1CCCCN2. The number of hydrogen-bond acceptors (Lipinski definition) is 3. The number of methoxy groups -OCH3 is 1. The van der Waals surface area contributed by atoms with Crippen LogP contribution in [0.3, 0.4) is 0 Å². The molecular weight excluding hydrogens is 250 g/mol. The summed E-state index contributed by atoms with van der Waals surface area (Å²) in [7, 11) is 3.74. The first-order valence-electron chi connectivity index (χ1n) is 7.20.